The Labute approximate surface area is 78.4 Å². The van der Waals surface area contributed by atoms with Crippen molar-refractivity contribution in [2.45, 2.75) is 25.9 Å². The Balaban J connectivity index is 2.39. The Hall–Kier alpha value is -0.970. The van der Waals surface area contributed by atoms with Gasteiger partial charge in [-0.3, -0.25) is 0 Å². The smallest absolute Gasteiger partial charge is 0.213 e. The van der Waals surface area contributed by atoms with E-state index in [0.717, 1.165) is 25.9 Å². The third-order valence-electron chi connectivity index (χ3n) is 2.68. The van der Waals surface area contributed by atoms with E-state index in [1.54, 1.807) is 0 Å². The second kappa shape index (κ2) is 4.32. The maximum Gasteiger partial charge on any atom is 0.213 e. The molecule has 1 unspecified atom stereocenters. The van der Waals surface area contributed by atoms with E-state index < -0.39 is 0 Å². The van der Waals surface area contributed by atoms with Crippen LogP contribution in [0.3, 0.4) is 0 Å². The minimum atomic E-state index is -0.224. The molecule has 1 atom stereocenters. The Morgan fingerprint density at radius 2 is 2.08 bits per heavy atom. The topological polar surface area (TPSA) is 87.9 Å². The van der Waals surface area contributed by atoms with Gasteiger partial charge in [-0.15, -0.1) is 5.10 Å². The van der Waals surface area contributed by atoms with E-state index in [2.05, 4.69) is 5.10 Å². The van der Waals surface area contributed by atoms with Crippen LogP contribution in [0.15, 0.2) is 5.10 Å². The molecule has 0 saturated carbocycles. The van der Waals surface area contributed by atoms with E-state index in [1.165, 1.54) is 0 Å². The second-order valence-electron chi connectivity index (χ2n) is 3.55. The SMILES string of the molecule is CC(O)C1CCN(/C(N)=N/N)CC1. The Kier molecular flexibility index (Phi) is 3.36. The lowest BCUT2D eigenvalue weighted by Crippen LogP contribution is -2.44. The molecule has 0 amide bonds. The van der Waals surface area contributed by atoms with Crippen molar-refractivity contribution < 1.29 is 5.11 Å². The lowest BCUT2D eigenvalue weighted by atomic mass is 9.92. The number of likely N-dealkylation sites (tertiary alicyclic amines) is 1. The van der Waals surface area contributed by atoms with Crippen LogP contribution in [0.4, 0.5) is 0 Å². The molecule has 0 radical (unpaired) electrons. The van der Waals surface area contributed by atoms with Crippen molar-refractivity contribution in [3.8, 4) is 0 Å². The molecular weight excluding hydrogens is 168 g/mol. The van der Waals surface area contributed by atoms with E-state index in [1.807, 2.05) is 11.8 Å². The van der Waals surface area contributed by atoms with Gasteiger partial charge in [0.15, 0.2) is 0 Å². The highest BCUT2D eigenvalue weighted by atomic mass is 16.3. The van der Waals surface area contributed by atoms with Crippen LogP contribution in [0.5, 0.6) is 0 Å². The van der Waals surface area contributed by atoms with E-state index in [9.17, 15) is 5.11 Å². The van der Waals surface area contributed by atoms with Gasteiger partial charge in [0.25, 0.3) is 0 Å². The van der Waals surface area contributed by atoms with Gasteiger partial charge in [-0.05, 0) is 25.7 Å². The number of nitrogens with two attached hydrogens (primary N) is 2. The van der Waals surface area contributed by atoms with Crippen LogP contribution in [0.1, 0.15) is 19.8 Å². The molecule has 13 heavy (non-hydrogen) atoms. The van der Waals surface area contributed by atoms with Crippen LogP contribution in [0, 0.1) is 5.92 Å². The lowest BCUT2D eigenvalue weighted by molar-refractivity contribution is 0.0887. The second-order valence-corrected chi connectivity index (χ2v) is 3.55. The van der Waals surface area contributed by atoms with Gasteiger partial charge in [0, 0.05) is 13.1 Å². The fourth-order valence-electron chi connectivity index (χ4n) is 1.69. The van der Waals surface area contributed by atoms with Gasteiger partial charge in [0.1, 0.15) is 0 Å². The van der Waals surface area contributed by atoms with Gasteiger partial charge in [-0.1, -0.05) is 0 Å². The summed E-state index contributed by atoms with van der Waals surface area (Å²) in [6.45, 7) is 3.50. The minimum Gasteiger partial charge on any atom is -0.393 e. The van der Waals surface area contributed by atoms with Gasteiger partial charge in [0.05, 0.1) is 6.10 Å². The first-order chi connectivity index (χ1) is 6.15. The molecule has 1 aliphatic rings. The molecule has 0 aromatic heterocycles. The summed E-state index contributed by atoms with van der Waals surface area (Å²) in [6.07, 6.45) is 1.68. The Morgan fingerprint density at radius 1 is 1.54 bits per heavy atom. The van der Waals surface area contributed by atoms with Crippen molar-refractivity contribution in [2.24, 2.45) is 22.6 Å². The average molecular weight is 186 g/mol. The highest BCUT2D eigenvalue weighted by Crippen LogP contribution is 2.19. The quantitative estimate of drug-likeness (QED) is 0.218. The predicted molar refractivity (Wildman–Crippen MR) is 51.8 cm³/mol. The highest BCUT2D eigenvalue weighted by molar-refractivity contribution is 5.77. The third-order valence-corrected chi connectivity index (χ3v) is 2.68. The normalized spacial score (nSPS) is 23.2. The number of nitrogens with zero attached hydrogens (tertiary/aromatic N) is 2. The molecule has 5 nitrogen and oxygen atoms in total. The van der Waals surface area contributed by atoms with Crippen molar-refractivity contribution in [1.29, 1.82) is 0 Å². The molecule has 76 valence electrons. The van der Waals surface area contributed by atoms with E-state index in [4.69, 9.17) is 11.6 Å². The largest absolute Gasteiger partial charge is 0.393 e. The maximum absolute atomic E-state index is 9.35. The number of aliphatic hydroxyl groups excluding tert-OH is 1. The predicted octanol–water partition coefficient (Wildman–Crippen LogP) is -0.732. The molecule has 1 fully saturated rings. The minimum absolute atomic E-state index is 0.224. The monoisotopic (exact) mass is 186 g/mol. The zero-order valence-electron chi connectivity index (χ0n) is 7.98. The summed E-state index contributed by atoms with van der Waals surface area (Å²) in [5.41, 5.74) is 5.56. The number of piperidine rings is 1. The molecular formula is C8H18N4O. The molecule has 5 N–H and O–H groups in total. The Bertz CT molecular complexity index is 185. The summed E-state index contributed by atoms with van der Waals surface area (Å²) < 4.78 is 0. The molecule has 1 aliphatic heterocycles. The number of hydrogen-bond acceptors (Lipinski definition) is 3. The number of hydrazone groups is 1. The summed E-state index contributed by atoms with van der Waals surface area (Å²) in [4.78, 5) is 1.94. The van der Waals surface area contributed by atoms with E-state index in [0.29, 0.717) is 11.9 Å². The number of hydrogen-bond donors (Lipinski definition) is 3. The summed E-state index contributed by atoms with van der Waals surface area (Å²) in [6, 6.07) is 0. The molecule has 5 heteroatoms. The van der Waals surface area contributed by atoms with Gasteiger partial charge in [-0.2, -0.15) is 0 Å². The average Bonchev–Trinajstić information content (AvgIpc) is 2.17. The van der Waals surface area contributed by atoms with Crippen LogP contribution in [-0.2, 0) is 0 Å². The summed E-state index contributed by atoms with van der Waals surface area (Å²) in [5.74, 6) is 5.85. The molecule has 0 aliphatic carbocycles. The fraction of sp³-hybridized carbons (Fsp3) is 0.875. The van der Waals surface area contributed by atoms with Gasteiger partial charge < -0.3 is 21.6 Å². The molecule has 1 saturated heterocycles. The first-order valence-electron chi connectivity index (χ1n) is 4.61. The van der Waals surface area contributed by atoms with E-state index >= 15 is 0 Å². The van der Waals surface area contributed by atoms with E-state index in [-0.39, 0.29) is 6.10 Å². The Morgan fingerprint density at radius 3 is 2.46 bits per heavy atom. The van der Waals surface area contributed by atoms with Gasteiger partial charge in [-0.25, -0.2) is 0 Å². The van der Waals surface area contributed by atoms with Crippen LogP contribution in [0.2, 0.25) is 0 Å². The summed E-state index contributed by atoms with van der Waals surface area (Å²) in [5, 5.41) is 12.8. The van der Waals surface area contributed by atoms with Crippen molar-refractivity contribution in [2.75, 3.05) is 13.1 Å². The first-order valence-corrected chi connectivity index (χ1v) is 4.61. The standard InChI is InChI=1S/C8H18N4O/c1-6(13)7-2-4-12(5-3-7)8(9)11-10/h6-7,13H,2-5,10H2,1H3,(H2,9,11). The zero-order valence-corrected chi connectivity index (χ0v) is 7.98. The van der Waals surface area contributed by atoms with Crippen molar-refractivity contribution in [3.05, 3.63) is 0 Å². The van der Waals surface area contributed by atoms with Crippen LogP contribution < -0.4 is 11.6 Å². The number of guanidine groups is 1. The molecule has 0 aromatic rings. The van der Waals surface area contributed by atoms with Crippen LogP contribution in [0.25, 0.3) is 0 Å². The molecule has 1 rings (SSSR count). The highest BCUT2D eigenvalue weighted by Gasteiger charge is 2.23. The van der Waals surface area contributed by atoms with Crippen molar-refractivity contribution in [1.82, 2.24) is 4.90 Å². The molecule has 0 bridgehead atoms. The maximum atomic E-state index is 9.35. The molecule has 0 spiro atoms. The first kappa shape index (κ1) is 10.1. The van der Waals surface area contributed by atoms with Crippen molar-refractivity contribution in [3.63, 3.8) is 0 Å². The number of rotatable bonds is 1. The fourth-order valence-corrected chi connectivity index (χ4v) is 1.69. The van der Waals surface area contributed by atoms with Crippen molar-refractivity contribution >= 4 is 5.96 Å². The van der Waals surface area contributed by atoms with Crippen LogP contribution >= 0.6 is 0 Å². The lowest BCUT2D eigenvalue weighted by Gasteiger charge is -2.33. The summed E-state index contributed by atoms with van der Waals surface area (Å²) in [7, 11) is 0. The number of aliphatic hydroxyl groups is 1. The van der Waals surface area contributed by atoms with Gasteiger partial charge in [0.2, 0.25) is 5.96 Å². The molecule has 0 aromatic carbocycles. The molecule has 1 heterocycles. The third kappa shape index (κ3) is 2.48. The van der Waals surface area contributed by atoms with Crippen LogP contribution in [-0.4, -0.2) is 35.2 Å². The van der Waals surface area contributed by atoms with Gasteiger partial charge >= 0.3 is 0 Å². The summed E-state index contributed by atoms with van der Waals surface area (Å²) >= 11 is 0. The zero-order chi connectivity index (χ0) is 9.84.